The van der Waals surface area contributed by atoms with E-state index < -0.39 is 27.4 Å². The average Bonchev–Trinajstić information content (AvgIpc) is 2.82. The van der Waals surface area contributed by atoms with Gasteiger partial charge in [0.1, 0.15) is 11.6 Å². The molecule has 2 heterocycles. The summed E-state index contributed by atoms with van der Waals surface area (Å²) in [6.45, 7) is 1.63. The Morgan fingerprint density at radius 3 is 2.39 bits per heavy atom. The van der Waals surface area contributed by atoms with Gasteiger partial charge in [-0.1, -0.05) is 17.7 Å². The van der Waals surface area contributed by atoms with E-state index in [4.69, 9.17) is 11.6 Å². The number of nitrogens with zero attached hydrogens (tertiary/aromatic N) is 2. The van der Waals surface area contributed by atoms with Crippen LogP contribution in [-0.4, -0.2) is 30.1 Å². The van der Waals surface area contributed by atoms with Crippen LogP contribution >= 0.6 is 11.6 Å². The number of aryl methyl sites for hydroxylation is 1. The number of rotatable bonds is 2. The fraction of sp³-hybridized carbons (Fsp3) is 0.333. The van der Waals surface area contributed by atoms with Crippen molar-refractivity contribution >= 4 is 21.4 Å². The third kappa shape index (κ3) is 2.95. The first-order chi connectivity index (χ1) is 10.8. The molecular weight excluding hydrogens is 346 g/mol. The molecule has 4 nitrogen and oxygen atoms in total. The molecule has 8 heteroatoms. The highest BCUT2D eigenvalue weighted by atomic mass is 35.5. The minimum Gasteiger partial charge on any atom is -0.229 e. The third-order valence-corrected chi connectivity index (χ3v) is 6.04. The Bertz CT molecular complexity index is 867. The SMILES string of the molecule is Cc1nnc(Cl)c(-c2c(F)cccc2F)c1C1CCS(=O)(=O)C1. The second kappa shape index (κ2) is 5.79. The lowest BCUT2D eigenvalue weighted by Crippen LogP contribution is -2.10. The van der Waals surface area contributed by atoms with Gasteiger partial charge in [0.2, 0.25) is 0 Å². The molecular formula is C15H13ClF2N2O2S. The van der Waals surface area contributed by atoms with E-state index in [1.54, 1.807) is 6.92 Å². The van der Waals surface area contributed by atoms with Crippen LogP contribution in [0.2, 0.25) is 5.15 Å². The van der Waals surface area contributed by atoms with Crippen molar-refractivity contribution in [2.45, 2.75) is 19.3 Å². The van der Waals surface area contributed by atoms with Gasteiger partial charge >= 0.3 is 0 Å². The van der Waals surface area contributed by atoms with Crippen molar-refractivity contribution < 1.29 is 17.2 Å². The first-order valence-corrected chi connectivity index (χ1v) is 9.17. The van der Waals surface area contributed by atoms with Crippen molar-refractivity contribution in [2.75, 3.05) is 11.5 Å². The lowest BCUT2D eigenvalue weighted by Gasteiger charge is -2.18. The summed E-state index contributed by atoms with van der Waals surface area (Å²) >= 11 is 6.07. The van der Waals surface area contributed by atoms with E-state index in [-0.39, 0.29) is 27.8 Å². The molecule has 122 valence electrons. The lowest BCUT2D eigenvalue weighted by molar-refractivity contribution is 0.588. The van der Waals surface area contributed by atoms with Crippen LogP contribution in [0.1, 0.15) is 23.6 Å². The molecule has 1 atom stereocenters. The molecule has 1 fully saturated rings. The van der Waals surface area contributed by atoms with Crippen molar-refractivity contribution in [3.8, 4) is 11.1 Å². The van der Waals surface area contributed by atoms with E-state index in [1.807, 2.05) is 0 Å². The fourth-order valence-electron chi connectivity index (χ4n) is 3.01. The van der Waals surface area contributed by atoms with Crippen LogP contribution in [0.15, 0.2) is 18.2 Å². The predicted molar refractivity (Wildman–Crippen MR) is 83.1 cm³/mol. The van der Waals surface area contributed by atoms with E-state index in [0.29, 0.717) is 17.7 Å². The van der Waals surface area contributed by atoms with Crippen LogP contribution < -0.4 is 0 Å². The van der Waals surface area contributed by atoms with Gasteiger partial charge in [-0.2, -0.15) is 5.10 Å². The summed E-state index contributed by atoms with van der Waals surface area (Å²) in [5.41, 5.74) is 0.677. The largest absolute Gasteiger partial charge is 0.229 e. The lowest BCUT2D eigenvalue weighted by atomic mass is 9.90. The minimum atomic E-state index is -3.17. The Hall–Kier alpha value is -1.60. The van der Waals surface area contributed by atoms with E-state index >= 15 is 0 Å². The summed E-state index contributed by atoms with van der Waals surface area (Å²) < 4.78 is 52.0. The van der Waals surface area contributed by atoms with Gasteiger partial charge in [-0.15, -0.1) is 5.10 Å². The van der Waals surface area contributed by atoms with Gasteiger partial charge in [-0.05, 0) is 31.0 Å². The Labute approximate surface area is 137 Å². The molecule has 3 rings (SSSR count). The summed E-state index contributed by atoms with van der Waals surface area (Å²) in [6, 6.07) is 3.50. The molecule has 0 bridgehead atoms. The molecule has 0 radical (unpaired) electrons. The molecule has 0 spiro atoms. The number of halogens is 3. The van der Waals surface area contributed by atoms with Gasteiger partial charge in [0.25, 0.3) is 0 Å². The topological polar surface area (TPSA) is 59.9 Å². The molecule has 0 amide bonds. The Balaban J connectivity index is 2.28. The number of hydrogen-bond donors (Lipinski definition) is 0. The van der Waals surface area contributed by atoms with Crippen molar-refractivity contribution in [3.05, 3.63) is 46.2 Å². The summed E-state index contributed by atoms with van der Waals surface area (Å²) in [5.74, 6) is -2.00. The van der Waals surface area contributed by atoms with Gasteiger partial charge in [-0.25, -0.2) is 17.2 Å². The van der Waals surface area contributed by atoms with Crippen LogP contribution in [-0.2, 0) is 9.84 Å². The summed E-state index contributed by atoms with van der Waals surface area (Å²) in [7, 11) is -3.17. The highest BCUT2D eigenvalue weighted by Gasteiger charge is 2.34. The second-order valence-electron chi connectivity index (χ2n) is 5.56. The molecule has 1 aliphatic heterocycles. The molecule has 1 saturated heterocycles. The Morgan fingerprint density at radius 1 is 1.17 bits per heavy atom. The van der Waals surface area contributed by atoms with E-state index in [2.05, 4.69) is 10.2 Å². The molecule has 1 aromatic heterocycles. The van der Waals surface area contributed by atoms with Crippen LogP contribution in [0.3, 0.4) is 0 Å². The zero-order valence-corrected chi connectivity index (χ0v) is 13.8. The fourth-order valence-corrected chi connectivity index (χ4v) is 5.00. The highest BCUT2D eigenvalue weighted by Crippen LogP contribution is 2.41. The zero-order chi connectivity index (χ0) is 16.8. The van der Waals surface area contributed by atoms with Gasteiger partial charge in [0, 0.05) is 11.5 Å². The molecule has 2 aromatic rings. The van der Waals surface area contributed by atoms with Crippen LogP contribution in [0, 0.1) is 18.6 Å². The van der Waals surface area contributed by atoms with Crippen molar-refractivity contribution in [1.29, 1.82) is 0 Å². The first-order valence-electron chi connectivity index (χ1n) is 6.97. The van der Waals surface area contributed by atoms with Crippen molar-refractivity contribution in [3.63, 3.8) is 0 Å². The second-order valence-corrected chi connectivity index (χ2v) is 8.15. The Morgan fingerprint density at radius 2 is 1.83 bits per heavy atom. The van der Waals surface area contributed by atoms with Gasteiger partial charge in [0.05, 0.1) is 22.8 Å². The normalized spacial score (nSPS) is 19.9. The summed E-state index contributed by atoms with van der Waals surface area (Å²) in [5, 5.41) is 7.49. The average molecular weight is 359 g/mol. The molecule has 23 heavy (non-hydrogen) atoms. The van der Waals surface area contributed by atoms with Gasteiger partial charge in [0.15, 0.2) is 15.0 Å². The first kappa shape index (κ1) is 16.3. The Kier molecular flexibility index (Phi) is 4.10. The number of sulfone groups is 1. The van der Waals surface area contributed by atoms with E-state index in [0.717, 1.165) is 12.1 Å². The number of aromatic nitrogens is 2. The number of benzene rings is 1. The quantitative estimate of drug-likeness (QED) is 0.826. The van der Waals surface area contributed by atoms with Crippen LogP contribution in [0.5, 0.6) is 0 Å². The molecule has 1 unspecified atom stereocenters. The highest BCUT2D eigenvalue weighted by molar-refractivity contribution is 7.91. The van der Waals surface area contributed by atoms with Crippen molar-refractivity contribution in [2.24, 2.45) is 0 Å². The van der Waals surface area contributed by atoms with Crippen LogP contribution in [0.25, 0.3) is 11.1 Å². The smallest absolute Gasteiger partial charge is 0.160 e. The maximum Gasteiger partial charge on any atom is 0.160 e. The third-order valence-electron chi connectivity index (χ3n) is 4.01. The van der Waals surface area contributed by atoms with Gasteiger partial charge < -0.3 is 0 Å². The maximum absolute atomic E-state index is 14.2. The van der Waals surface area contributed by atoms with Crippen molar-refractivity contribution in [1.82, 2.24) is 10.2 Å². The van der Waals surface area contributed by atoms with E-state index in [9.17, 15) is 17.2 Å². The maximum atomic E-state index is 14.2. The molecule has 0 aliphatic carbocycles. The zero-order valence-electron chi connectivity index (χ0n) is 12.2. The van der Waals surface area contributed by atoms with E-state index in [1.165, 1.54) is 6.07 Å². The molecule has 1 aromatic carbocycles. The molecule has 0 N–H and O–H groups in total. The summed E-state index contributed by atoms with van der Waals surface area (Å²) in [4.78, 5) is 0. The standard InChI is InChI=1S/C15H13ClF2N2O2S/c1-8-12(9-5-6-23(21,22)7-9)14(15(16)20-19-8)13-10(17)3-2-4-11(13)18/h2-4,9H,5-7H2,1H3. The minimum absolute atomic E-state index is 0.0379. The monoisotopic (exact) mass is 358 g/mol. The van der Waals surface area contributed by atoms with Gasteiger partial charge in [-0.3, -0.25) is 0 Å². The molecule has 1 aliphatic rings. The summed E-state index contributed by atoms with van der Waals surface area (Å²) in [6.07, 6.45) is 0.369. The van der Waals surface area contributed by atoms with Crippen LogP contribution in [0.4, 0.5) is 8.78 Å². The molecule has 0 saturated carbocycles. The predicted octanol–water partition coefficient (Wildman–Crippen LogP) is 3.29. The number of hydrogen-bond acceptors (Lipinski definition) is 4.